The van der Waals surface area contributed by atoms with E-state index in [4.69, 9.17) is 13.3 Å². The highest BCUT2D eigenvalue weighted by Crippen LogP contribution is 2.24. The van der Waals surface area contributed by atoms with Gasteiger partial charge in [0.2, 0.25) is 5.58 Å². The Morgan fingerprint density at radius 1 is 1.07 bits per heavy atom. The molecular weight excluding hydrogens is 386 g/mol. The molecule has 0 amide bonds. The third-order valence-corrected chi connectivity index (χ3v) is 4.90. The summed E-state index contributed by atoms with van der Waals surface area (Å²) in [5, 5.41) is 9.01. The molecule has 0 spiro atoms. The number of benzene rings is 1. The van der Waals surface area contributed by atoms with Crippen molar-refractivity contribution in [2.75, 3.05) is 6.54 Å². The van der Waals surface area contributed by atoms with Crippen LogP contribution in [0.4, 0.5) is 0 Å². The normalized spacial score (nSPS) is 12.7. The van der Waals surface area contributed by atoms with E-state index in [1.54, 1.807) is 18.4 Å². The number of para-hydroxylation sites is 1. The second-order valence-electron chi connectivity index (χ2n) is 7.12. The van der Waals surface area contributed by atoms with Crippen LogP contribution in [0.3, 0.4) is 0 Å². The Bertz CT molecular complexity index is 1350. The minimum absolute atomic E-state index is 0.247. The topological polar surface area (TPSA) is 115 Å². The first-order valence-electron chi connectivity index (χ1n) is 9.81. The Kier molecular flexibility index (Phi) is 4.64. The Balaban J connectivity index is 1.42. The second-order valence-corrected chi connectivity index (χ2v) is 7.12. The molecule has 0 radical (unpaired) electrons. The summed E-state index contributed by atoms with van der Waals surface area (Å²) in [6.45, 7) is 3.98. The minimum atomic E-state index is -0.278. The van der Waals surface area contributed by atoms with Gasteiger partial charge in [-0.15, -0.1) is 10.2 Å². The van der Waals surface area contributed by atoms with Crippen LogP contribution in [0, 0.1) is 0 Å². The zero-order valence-electron chi connectivity index (χ0n) is 16.3. The van der Waals surface area contributed by atoms with E-state index >= 15 is 0 Å². The van der Waals surface area contributed by atoms with Crippen molar-refractivity contribution in [3.05, 3.63) is 64.7 Å². The fourth-order valence-electron chi connectivity index (χ4n) is 3.60. The Morgan fingerprint density at radius 3 is 2.80 bits per heavy atom. The van der Waals surface area contributed by atoms with Gasteiger partial charge in [-0.05, 0) is 30.7 Å². The molecule has 30 heavy (non-hydrogen) atoms. The van der Waals surface area contributed by atoms with Gasteiger partial charge in [0.1, 0.15) is 17.6 Å². The summed E-state index contributed by atoms with van der Waals surface area (Å²) >= 11 is 0. The minimum Gasteiger partial charge on any atom is -0.459 e. The molecule has 9 heteroatoms. The highest BCUT2D eigenvalue weighted by molar-refractivity contribution is 6.01. The Morgan fingerprint density at radius 2 is 1.97 bits per heavy atom. The van der Waals surface area contributed by atoms with Crippen LogP contribution in [0.15, 0.2) is 60.7 Å². The first-order valence-corrected chi connectivity index (χ1v) is 9.81. The van der Waals surface area contributed by atoms with Crippen molar-refractivity contribution in [3.63, 3.8) is 0 Å². The molecule has 0 aliphatic heterocycles. The van der Waals surface area contributed by atoms with Crippen LogP contribution >= 0.6 is 0 Å². The summed E-state index contributed by atoms with van der Waals surface area (Å²) in [6.07, 6.45) is 2.52. The van der Waals surface area contributed by atoms with Gasteiger partial charge in [0.05, 0.1) is 12.8 Å². The zero-order valence-corrected chi connectivity index (χ0v) is 16.3. The summed E-state index contributed by atoms with van der Waals surface area (Å²) in [4.78, 5) is 21.2. The fourth-order valence-corrected chi connectivity index (χ4v) is 3.60. The predicted octanol–water partition coefficient (Wildman–Crippen LogP) is 2.31. The van der Waals surface area contributed by atoms with Crippen LogP contribution in [-0.4, -0.2) is 26.7 Å². The SMILES string of the molecule is CCC[NH+](Cc1nc2c(oc3ccccc32)c(=O)[nH]1)Cc1nnc(-c2ccco2)o1. The summed E-state index contributed by atoms with van der Waals surface area (Å²) in [7, 11) is 0. The van der Waals surface area contributed by atoms with E-state index in [2.05, 4.69) is 27.1 Å². The van der Waals surface area contributed by atoms with Gasteiger partial charge in [0.25, 0.3) is 17.3 Å². The van der Waals surface area contributed by atoms with Crippen LogP contribution in [-0.2, 0) is 13.1 Å². The molecule has 152 valence electrons. The summed E-state index contributed by atoms with van der Waals surface area (Å²) in [5.41, 5.74) is 1.20. The molecule has 1 unspecified atom stereocenters. The Hall–Kier alpha value is -3.72. The molecule has 5 aromatic rings. The average molecular weight is 406 g/mol. The maximum absolute atomic E-state index is 12.6. The summed E-state index contributed by atoms with van der Waals surface area (Å²) in [6, 6.07) is 11.0. The number of hydrogen-bond donors (Lipinski definition) is 2. The molecule has 4 heterocycles. The molecule has 4 aromatic heterocycles. The monoisotopic (exact) mass is 406 g/mol. The zero-order chi connectivity index (χ0) is 20.5. The van der Waals surface area contributed by atoms with Crippen molar-refractivity contribution < 1.29 is 18.2 Å². The number of aromatic amines is 1. The number of aromatic nitrogens is 4. The molecule has 9 nitrogen and oxygen atoms in total. The van der Waals surface area contributed by atoms with Gasteiger partial charge in [0, 0.05) is 5.39 Å². The molecule has 1 aromatic carbocycles. The number of nitrogens with one attached hydrogen (secondary N) is 2. The van der Waals surface area contributed by atoms with Gasteiger partial charge in [-0.2, -0.15) is 0 Å². The molecule has 0 saturated carbocycles. The number of quaternary nitrogens is 1. The fraction of sp³-hybridized carbons (Fsp3) is 0.238. The molecular formula is C21H20N5O4+. The lowest BCUT2D eigenvalue weighted by Crippen LogP contribution is -3.09. The molecule has 5 rings (SSSR count). The first-order chi connectivity index (χ1) is 14.7. The van der Waals surface area contributed by atoms with Crippen molar-refractivity contribution in [1.29, 1.82) is 0 Å². The van der Waals surface area contributed by atoms with Crippen molar-refractivity contribution in [3.8, 4) is 11.7 Å². The van der Waals surface area contributed by atoms with Gasteiger partial charge in [-0.1, -0.05) is 19.1 Å². The van der Waals surface area contributed by atoms with E-state index in [0.29, 0.717) is 47.6 Å². The van der Waals surface area contributed by atoms with Crippen LogP contribution in [0.25, 0.3) is 33.7 Å². The number of rotatable bonds is 7. The number of furan rings is 2. The third-order valence-electron chi connectivity index (χ3n) is 4.90. The van der Waals surface area contributed by atoms with E-state index in [-0.39, 0.29) is 11.1 Å². The van der Waals surface area contributed by atoms with Crippen LogP contribution < -0.4 is 10.5 Å². The standard InChI is InChI=1S/C21H19N5O4/c1-2-9-26(12-17-24-25-21(30-17)15-8-5-10-28-15)11-16-22-18-13-6-3-4-7-14(13)29-19(18)20(27)23-16/h3-8,10H,2,9,11-12H2,1H3,(H,22,23,27)/p+1. The van der Waals surface area contributed by atoms with E-state index in [0.717, 1.165) is 23.3 Å². The molecule has 1 atom stereocenters. The molecule has 0 fully saturated rings. The van der Waals surface area contributed by atoms with E-state index in [9.17, 15) is 4.79 Å². The number of fused-ring (bicyclic) bond motifs is 3. The lowest BCUT2D eigenvalue weighted by Gasteiger charge is -2.16. The number of hydrogen-bond acceptors (Lipinski definition) is 7. The Labute approximate surface area is 170 Å². The molecule has 0 aliphatic carbocycles. The van der Waals surface area contributed by atoms with Gasteiger partial charge >= 0.3 is 0 Å². The van der Waals surface area contributed by atoms with Gasteiger partial charge in [-0.3, -0.25) is 4.79 Å². The van der Waals surface area contributed by atoms with Crippen molar-refractivity contribution >= 4 is 22.1 Å². The van der Waals surface area contributed by atoms with Crippen LogP contribution in [0.1, 0.15) is 25.1 Å². The van der Waals surface area contributed by atoms with Crippen molar-refractivity contribution in [1.82, 2.24) is 20.2 Å². The molecule has 0 aliphatic rings. The van der Waals surface area contributed by atoms with E-state index in [1.165, 1.54) is 0 Å². The van der Waals surface area contributed by atoms with Crippen LogP contribution in [0.2, 0.25) is 0 Å². The summed E-state index contributed by atoms with van der Waals surface area (Å²) < 4.78 is 16.7. The van der Waals surface area contributed by atoms with Gasteiger partial charge < -0.3 is 23.1 Å². The van der Waals surface area contributed by atoms with Crippen LogP contribution in [0.5, 0.6) is 0 Å². The first kappa shape index (κ1) is 18.3. The lowest BCUT2D eigenvalue weighted by atomic mass is 10.2. The maximum Gasteiger partial charge on any atom is 0.294 e. The third kappa shape index (κ3) is 3.39. The molecule has 0 bridgehead atoms. The van der Waals surface area contributed by atoms with Crippen molar-refractivity contribution in [2.45, 2.75) is 26.4 Å². The summed E-state index contributed by atoms with van der Waals surface area (Å²) in [5.74, 6) is 1.98. The average Bonchev–Trinajstić information content (AvgIpc) is 3.48. The second kappa shape index (κ2) is 7.60. The number of H-pyrrole nitrogens is 1. The number of nitrogens with zero attached hydrogens (tertiary/aromatic N) is 3. The van der Waals surface area contributed by atoms with Crippen molar-refractivity contribution in [2.24, 2.45) is 0 Å². The largest absolute Gasteiger partial charge is 0.459 e. The maximum atomic E-state index is 12.6. The lowest BCUT2D eigenvalue weighted by molar-refractivity contribution is -0.929. The molecule has 0 saturated heterocycles. The quantitative estimate of drug-likeness (QED) is 0.426. The molecule has 2 N–H and O–H groups in total. The smallest absolute Gasteiger partial charge is 0.294 e. The van der Waals surface area contributed by atoms with Gasteiger partial charge in [-0.25, -0.2) is 4.98 Å². The van der Waals surface area contributed by atoms with E-state index < -0.39 is 0 Å². The highest BCUT2D eigenvalue weighted by Gasteiger charge is 2.19. The highest BCUT2D eigenvalue weighted by atomic mass is 16.4. The van der Waals surface area contributed by atoms with E-state index in [1.807, 2.05) is 24.3 Å². The van der Waals surface area contributed by atoms with Gasteiger partial charge in [0.15, 0.2) is 18.1 Å². The predicted molar refractivity (Wildman–Crippen MR) is 108 cm³/mol.